The van der Waals surface area contributed by atoms with E-state index in [0.29, 0.717) is 116 Å². The summed E-state index contributed by atoms with van der Waals surface area (Å²) in [5.41, 5.74) is 7.17. The maximum atomic E-state index is 14.2. The van der Waals surface area contributed by atoms with E-state index in [2.05, 4.69) is 22.3 Å². The zero-order valence-electron chi connectivity index (χ0n) is 37.0. The van der Waals surface area contributed by atoms with Gasteiger partial charge < -0.3 is 48.3 Å². The van der Waals surface area contributed by atoms with Gasteiger partial charge in [-0.3, -0.25) is 14.2 Å². The van der Waals surface area contributed by atoms with Crippen molar-refractivity contribution >= 4 is 46.5 Å². The number of hydrogen-bond acceptors (Lipinski definition) is 13. The fourth-order valence-electron chi connectivity index (χ4n) is 8.85. The van der Waals surface area contributed by atoms with Gasteiger partial charge in [0.2, 0.25) is 0 Å². The number of nitrogens with one attached hydrogen (secondary N) is 1. The molecule has 6 aromatic rings. The van der Waals surface area contributed by atoms with Crippen LogP contribution in [0.25, 0.3) is 16.6 Å². The fraction of sp³-hybridized carbons (Fsp3) is 0.340. The Hall–Kier alpha value is -6.26. The van der Waals surface area contributed by atoms with Crippen LogP contribution >= 0.6 is 12.6 Å². The summed E-state index contributed by atoms with van der Waals surface area (Å²) >= 11 is 4.78. The highest BCUT2D eigenvalue weighted by Crippen LogP contribution is 2.43. The second-order valence-electron chi connectivity index (χ2n) is 16.3. The molecular formula is C50H53N5O9S. The molecule has 0 unspecified atom stereocenters. The number of benzene rings is 5. The predicted octanol–water partition coefficient (Wildman–Crippen LogP) is 7.48. The molecule has 0 bridgehead atoms. The molecule has 0 spiro atoms. The number of nitrogens with zero attached hydrogens (tertiary/aromatic N) is 4. The first-order valence-corrected chi connectivity index (χ1v) is 22.4. The maximum absolute atomic E-state index is 14.2. The molecule has 0 fully saturated rings. The van der Waals surface area contributed by atoms with Crippen LogP contribution in [-0.4, -0.2) is 101 Å². The Morgan fingerprint density at radius 1 is 0.815 bits per heavy atom. The SMILES string of the molecule is COCCOCCOCCN(C[C@H](C)S)c1cc(COc2cc3nc4n(c(=O)c3cc2OC)-c2ccccc2C4)cc(Oc2cc3c(cc2OC)C(=O)N2c4ccccc4C[C@H]2CN3)c1. The van der Waals surface area contributed by atoms with E-state index in [1.165, 1.54) is 0 Å². The molecule has 5 aromatic carbocycles. The molecule has 0 saturated carbocycles. The van der Waals surface area contributed by atoms with Crippen molar-refractivity contribution in [1.29, 1.82) is 0 Å². The van der Waals surface area contributed by atoms with Gasteiger partial charge in [0.15, 0.2) is 23.0 Å². The number of aromatic nitrogens is 2. The van der Waals surface area contributed by atoms with Gasteiger partial charge in [0.1, 0.15) is 18.2 Å². The van der Waals surface area contributed by atoms with Crippen molar-refractivity contribution in [2.24, 2.45) is 0 Å². The average molecular weight is 900 g/mol. The second-order valence-corrected chi connectivity index (χ2v) is 17.2. The van der Waals surface area contributed by atoms with Crippen LogP contribution in [0.1, 0.15) is 39.8 Å². The minimum atomic E-state index is -0.158. The van der Waals surface area contributed by atoms with E-state index in [0.717, 1.165) is 40.2 Å². The number of carbonyl (C=O) groups is 1. The molecule has 3 aliphatic rings. The van der Waals surface area contributed by atoms with E-state index in [9.17, 15) is 9.59 Å². The minimum Gasteiger partial charge on any atom is -0.493 e. The van der Waals surface area contributed by atoms with E-state index in [1.807, 2.05) is 72.5 Å². The Balaban J connectivity index is 1.02. The molecule has 2 atom stereocenters. The molecule has 0 saturated heterocycles. The second kappa shape index (κ2) is 19.5. The Morgan fingerprint density at radius 2 is 1.55 bits per heavy atom. The lowest BCUT2D eigenvalue weighted by molar-refractivity contribution is 0.0265. The minimum absolute atomic E-state index is 0.0227. The number of fused-ring (bicyclic) bond motifs is 8. The smallest absolute Gasteiger partial charge is 0.266 e. The third kappa shape index (κ3) is 9.19. The number of amides is 1. The first kappa shape index (κ1) is 44.0. The highest BCUT2D eigenvalue weighted by atomic mass is 32.1. The molecule has 1 N–H and O–H groups in total. The maximum Gasteiger partial charge on any atom is 0.266 e. The van der Waals surface area contributed by atoms with E-state index in [1.54, 1.807) is 44.1 Å². The van der Waals surface area contributed by atoms with Crippen molar-refractivity contribution in [1.82, 2.24) is 9.55 Å². The number of ether oxygens (including phenoxy) is 7. The van der Waals surface area contributed by atoms with Gasteiger partial charge in [-0.05, 0) is 59.5 Å². The predicted molar refractivity (Wildman–Crippen MR) is 254 cm³/mol. The summed E-state index contributed by atoms with van der Waals surface area (Å²) in [6.07, 6.45) is 1.33. The summed E-state index contributed by atoms with van der Waals surface area (Å²) in [7, 11) is 4.77. The summed E-state index contributed by atoms with van der Waals surface area (Å²) in [6, 6.07) is 28.9. The molecule has 15 heteroatoms. The van der Waals surface area contributed by atoms with Gasteiger partial charge in [0, 0.05) is 68.0 Å². The zero-order valence-corrected chi connectivity index (χ0v) is 37.9. The number of hydrogen-bond donors (Lipinski definition) is 2. The van der Waals surface area contributed by atoms with Gasteiger partial charge in [0.25, 0.3) is 11.5 Å². The van der Waals surface area contributed by atoms with Crippen molar-refractivity contribution in [2.45, 2.75) is 37.7 Å². The Morgan fingerprint density at radius 3 is 2.34 bits per heavy atom. The zero-order chi connectivity index (χ0) is 45.0. The van der Waals surface area contributed by atoms with Gasteiger partial charge in [0.05, 0.1) is 81.1 Å². The van der Waals surface area contributed by atoms with Crippen molar-refractivity contribution in [3.63, 3.8) is 0 Å². The summed E-state index contributed by atoms with van der Waals surface area (Å²) < 4.78 is 43.3. The van der Waals surface area contributed by atoms with Gasteiger partial charge in [-0.25, -0.2) is 4.98 Å². The lowest BCUT2D eigenvalue weighted by Gasteiger charge is -2.27. The van der Waals surface area contributed by atoms with Crippen LogP contribution in [-0.2, 0) is 33.7 Å². The van der Waals surface area contributed by atoms with E-state index < -0.39 is 0 Å². The highest BCUT2D eigenvalue weighted by Gasteiger charge is 2.38. The summed E-state index contributed by atoms with van der Waals surface area (Å²) in [5.74, 6) is 2.80. The quantitative estimate of drug-likeness (QED) is 0.0616. The Labute approximate surface area is 383 Å². The first-order valence-electron chi connectivity index (χ1n) is 21.8. The lowest BCUT2D eigenvalue weighted by atomic mass is 10.1. The Bertz CT molecular complexity index is 2780. The molecule has 4 heterocycles. The molecule has 338 valence electrons. The lowest BCUT2D eigenvalue weighted by Crippen LogP contribution is -2.39. The Kier molecular flexibility index (Phi) is 13.2. The van der Waals surface area contributed by atoms with E-state index in [-0.39, 0.29) is 29.4 Å². The van der Waals surface area contributed by atoms with Gasteiger partial charge in [-0.2, -0.15) is 12.6 Å². The van der Waals surface area contributed by atoms with Crippen LogP contribution in [0, 0.1) is 0 Å². The molecule has 1 aromatic heterocycles. The van der Waals surface area contributed by atoms with Crippen molar-refractivity contribution in [3.05, 3.63) is 129 Å². The highest BCUT2D eigenvalue weighted by molar-refractivity contribution is 7.81. The number of para-hydroxylation sites is 2. The average Bonchev–Trinajstić information content (AvgIpc) is 3.84. The van der Waals surface area contributed by atoms with Crippen LogP contribution in [0.4, 0.5) is 17.1 Å². The molecule has 14 nitrogen and oxygen atoms in total. The number of methoxy groups -OCH3 is 3. The number of rotatable bonds is 19. The standard InChI is InChI=1S/C50H53N5O9S/c1-31(65)29-53(13-14-61-17-18-62-16-15-58-2)35-19-32(30-63-46-27-41-39(25-44(46)59-3)50(57)55-43-12-8-6-10-34(43)22-48(55)52-41)20-37(23-35)64-47-26-40-38(24-45(47)60-4)49(56)54-36(28-51-40)21-33-9-5-7-11-42(33)54/h5-12,19-20,23-27,31,36,51,65H,13-18,21-22,28-30H2,1-4H3/t31-,36-/m0/s1. The van der Waals surface area contributed by atoms with Crippen LogP contribution in [0.3, 0.4) is 0 Å². The molecule has 1 amide bonds. The fourth-order valence-corrected chi connectivity index (χ4v) is 9.04. The molecule has 0 aliphatic carbocycles. The van der Waals surface area contributed by atoms with Gasteiger partial charge in [-0.15, -0.1) is 0 Å². The van der Waals surface area contributed by atoms with Crippen molar-refractivity contribution < 1.29 is 38.0 Å². The van der Waals surface area contributed by atoms with Crippen LogP contribution in [0.2, 0.25) is 0 Å². The molecular weight excluding hydrogens is 847 g/mol. The topological polar surface area (TPSA) is 135 Å². The van der Waals surface area contributed by atoms with Crippen LogP contribution in [0.15, 0.2) is 95.8 Å². The third-order valence-electron chi connectivity index (χ3n) is 11.9. The molecule has 0 radical (unpaired) electrons. The van der Waals surface area contributed by atoms with Gasteiger partial charge in [-0.1, -0.05) is 43.3 Å². The number of carbonyl (C=O) groups excluding carboxylic acids is 1. The first-order chi connectivity index (χ1) is 31.7. The largest absolute Gasteiger partial charge is 0.493 e. The van der Waals surface area contributed by atoms with Crippen molar-refractivity contribution in [2.75, 3.05) is 89.1 Å². The third-order valence-corrected chi connectivity index (χ3v) is 12.1. The summed E-state index contributed by atoms with van der Waals surface area (Å²) in [4.78, 5) is 37.1. The molecule has 65 heavy (non-hydrogen) atoms. The molecule has 9 rings (SSSR count). The van der Waals surface area contributed by atoms with E-state index >= 15 is 0 Å². The molecule has 3 aliphatic heterocycles. The normalized spacial score (nSPS) is 15.0. The monoisotopic (exact) mass is 899 g/mol. The van der Waals surface area contributed by atoms with Crippen LogP contribution < -0.4 is 39.6 Å². The van der Waals surface area contributed by atoms with Gasteiger partial charge >= 0.3 is 0 Å². The number of thiol groups is 1. The van der Waals surface area contributed by atoms with E-state index in [4.69, 9.17) is 50.8 Å². The van der Waals surface area contributed by atoms with Crippen molar-refractivity contribution in [3.8, 4) is 34.4 Å². The number of anilines is 3. The van der Waals surface area contributed by atoms with Crippen LogP contribution in [0.5, 0.6) is 28.7 Å². The summed E-state index contributed by atoms with van der Waals surface area (Å²) in [5, 5.41) is 3.99. The summed E-state index contributed by atoms with van der Waals surface area (Å²) in [6.45, 7) is 6.31.